The summed E-state index contributed by atoms with van der Waals surface area (Å²) in [5, 5.41) is 6.15. The van der Waals surface area contributed by atoms with Crippen molar-refractivity contribution in [2.45, 2.75) is 38.8 Å². The topological polar surface area (TPSA) is 53.6 Å². The van der Waals surface area contributed by atoms with Gasteiger partial charge in [-0.1, -0.05) is 6.92 Å². The van der Waals surface area contributed by atoms with Crippen LogP contribution in [0, 0.1) is 0 Å². The third kappa shape index (κ3) is 5.33. The van der Waals surface area contributed by atoms with Crippen molar-refractivity contribution in [3.8, 4) is 0 Å². The van der Waals surface area contributed by atoms with E-state index in [4.69, 9.17) is 4.74 Å². The number of hydrogen-bond acceptors (Lipinski definition) is 4. The Morgan fingerprint density at radius 2 is 2.39 bits per heavy atom. The Bertz CT molecular complexity index is 242. The maximum absolute atomic E-state index is 11.5. The Morgan fingerprint density at radius 1 is 1.61 bits per heavy atom. The molecule has 0 aromatic rings. The fourth-order valence-corrected chi connectivity index (χ4v) is 2.34. The van der Waals surface area contributed by atoms with Crippen molar-refractivity contribution >= 4 is 5.91 Å². The molecule has 0 aromatic heterocycles. The second kappa shape index (κ2) is 8.45. The zero-order chi connectivity index (χ0) is 13.4. The van der Waals surface area contributed by atoms with E-state index in [0.717, 1.165) is 39.1 Å². The first-order valence-electron chi connectivity index (χ1n) is 6.93. The third-order valence-corrected chi connectivity index (χ3v) is 3.38. The SMILES string of the molecule is CCCN(CC(=O)NC)C(C)CC1COCCN1. The minimum atomic E-state index is 0.0863. The van der Waals surface area contributed by atoms with E-state index in [2.05, 4.69) is 29.4 Å². The molecule has 106 valence electrons. The number of ether oxygens (including phenoxy) is 1. The van der Waals surface area contributed by atoms with Crippen molar-refractivity contribution in [2.24, 2.45) is 0 Å². The number of rotatable bonds is 7. The minimum absolute atomic E-state index is 0.0863. The number of nitrogens with zero attached hydrogens (tertiary/aromatic N) is 1. The number of morpholine rings is 1. The molecule has 5 heteroatoms. The van der Waals surface area contributed by atoms with Gasteiger partial charge < -0.3 is 15.4 Å². The Hall–Kier alpha value is -0.650. The molecule has 1 heterocycles. The van der Waals surface area contributed by atoms with Gasteiger partial charge in [-0.05, 0) is 26.3 Å². The molecule has 0 aliphatic carbocycles. The van der Waals surface area contributed by atoms with Crippen molar-refractivity contribution in [3.63, 3.8) is 0 Å². The van der Waals surface area contributed by atoms with E-state index in [0.29, 0.717) is 18.6 Å². The summed E-state index contributed by atoms with van der Waals surface area (Å²) in [4.78, 5) is 13.7. The van der Waals surface area contributed by atoms with Crippen LogP contribution in [0.25, 0.3) is 0 Å². The molecule has 2 atom stereocenters. The number of hydrogen-bond donors (Lipinski definition) is 2. The molecule has 1 aliphatic heterocycles. The number of nitrogens with one attached hydrogen (secondary N) is 2. The number of amides is 1. The Labute approximate surface area is 110 Å². The first-order valence-corrected chi connectivity index (χ1v) is 6.93. The van der Waals surface area contributed by atoms with Gasteiger partial charge in [0.15, 0.2) is 0 Å². The molecular formula is C13H27N3O2. The van der Waals surface area contributed by atoms with Crippen LogP contribution in [-0.4, -0.2) is 62.8 Å². The molecule has 5 nitrogen and oxygen atoms in total. The van der Waals surface area contributed by atoms with Crippen molar-refractivity contribution in [1.82, 2.24) is 15.5 Å². The lowest BCUT2D eigenvalue weighted by atomic mass is 10.1. The zero-order valence-electron chi connectivity index (χ0n) is 11.9. The van der Waals surface area contributed by atoms with Gasteiger partial charge in [-0.2, -0.15) is 0 Å². The number of carbonyl (C=O) groups excluding carboxylic acids is 1. The summed E-state index contributed by atoms with van der Waals surface area (Å²) in [6, 6.07) is 0.805. The van der Waals surface area contributed by atoms with Gasteiger partial charge in [0.25, 0.3) is 0 Å². The average molecular weight is 257 g/mol. The van der Waals surface area contributed by atoms with Crippen LogP contribution in [0.1, 0.15) is 26.7 Å². The van der Waals surface area contributed by atoms with Crippen LogP contribution in [0.4, 0.5) is 0 Å². The second-order valence-corrected chi connectivity index (χ2v) is 4.95. The number of likely N-dealkylation sites (N-methyl/N-ethyl adjacent to an activating group) is 1. The van der Waals surface area contributed by atoms with Gasteiger partial charge in [0.2, 0.25) is 5.91 Å². The van der Waals surface area contributed by atoms with Gasteiger partial charge in [0.05, 0.1) is 19.8 Å². The van der Waals surface area contributed by atoms with E-state index in [9.17, 15) is 4.79 Å². The second-order valence-electron chi connectivity index (χ2n) is 4.95. The fourth-order valence-electron chi connectivity index (χ4n) is 2.34. The highest BCUT2D eigenvalue weighted by Gasteiger charge is 2.21. The Balaban J connectivity index is 2.41. The van der Waals surface area contributed by atoms with Crippen molar-refractivity contribution in [2.75, 3.05) is 39.9 Å². The predicted molar refractivity (Wildman–Crippen MR) is 72.6 cm³/mol. The molecule has 1 rings (SSSR count). The Morgan fingerprint density at radius 3 is 2.94 bits per heavy atom. The van der Waals surface area contributed by atoms with Crippen molar-refractivity contribution in [3.05, 3.63) is 0 Å². The molecular weight excluding hydrogens is 230 g/mol. The third-order valence-electron chi connectivity index (χ3n) is 3.38. The average Bonchev–Trinajstić information content (AvgIpc) is 2.39. The van der Waals surface area contributed by atoms with Gasteiger partial charge >= 0.3 is 0 Å². The van der Waals surface area contributed by atoms with Gasteiger partial charge in [0.1, 0.15) is 0 Å². The molecule has 1 aliphatic rings. The summed E-state index contributed by atoms with van der Waals surface area (Å²) in [5.74, 6) is 0.0863. The van der Waals surface area contributed by atoms with E-state index in [-0.39, 0.29) is 5.91 Å². The molecule has 1 amide bonds. The van der Waals surface area contributed by atoms with Crippen molar-refractivity contribution < 1.29 is 9.53 Å². The maximum atomic E-state index is 11.5. The van der Waals surface area contributed by atoms with E-state index in [1.165, 1.54) is 0 Å². The molecule has 1 saturated heterocycles. The van der Waals surface area contributed by atoms with E-state index >= 15 is 0 Å². The number of carbonyl (C=O) groups is 1. The molecule has 0 saturated carbocycles. The molecule has 2 N–H and O–H groups in total. The lowest BCUT2D eigenvalue weighted by Crippen LogP contribution is -2.48. The van der Waals surface area contributed by atoms with Crippen LogP contribution >= 0.6 is 0 Å². The quantitative estimate of drug-likeness (QED) is 0.685. The first-order chi connectivity index (χ1) is 8.67. The largest absolute Gasteiger partial charge is 0.379 e. The van der Waals surface area contributed by atoms with Crippen LogP contribution in [0.15, 0.2) is 0 Å². The summed E-state index contributed by atoms with van der Waals surface area (Å²) in [6.07, 6.45) is 2.09. The highest BCUT2D eigenvalue weighted by atomic mass is 16.5. The van der Waals surface area contributed by atoms with Crippen LogP contribution < -0.4 is 10.6 Å². The Kier molecular flexibility index (Phi) is 7.23. The first kappa shape index (κ1) is 15.4. The molecule has 0 aromatic carbocycles. The molecule has 0 radical (unpaired) electrons. The van der Waals surface area contributed by atoms with Gasteiger partial charge in [-0.25, -0.2) is 0 Å². The molecule has 18 heavy (non-hydrogen) atoms. The minimum Gasteiger partial charge on any atom is -0.379 e. The fraction of sp³-hybridized carbons (Fsp3) is 0.923. The molecule has 0 bridgehead atoms. The predicted octanol–water partition coefficient (Wildman–Crippen LogP) is 0.211. The van der Waals surface area contributed by atoms with Crippen LogP contribution in [0.2, 0.25) is 0 Å². The van der Waals surface area contributed by atoms with E-state index in [1.54, 1.807) is 7.05 Å². The summed E-state index contributed by atoms with van der Waals surface area (Å²) >= 11 is 0. The van der Waals surface area contributed by atoms with Crippen LogP contribution in [0.5, 0.6) is 0 Å². The van der Waals surface area contributed by atoms with E-state index in [1.807, 2.05) is 0 Å². The highest BCUT2D eigenvalue weighted by Crippen LogP contribution is 2.09. The molecule has 0 spiro atoms. The highest BCUT2D eigenvalue weighted by molar-refractivity contribution is 5.77. The van der Waals surface area contributed by atoms with Gasteiger partial charge in [0, 0.05) is 25.7 Å². The monoisotopic (exact) mass is 257 g/mol. The van der Waals surface area contributed by atoms with E-state index < -0.39 is 0 Å². The van der Waals surface area contributed by atoms with Gasteiger partial charge in [-0.15, -0.1) is 0 Å². The smallest absolute Gasteiger partial charge is 0.233 e. The lowest BCUT2D eigenvalue weighted by molar-refractivity contribution is -0.122. The van der Waals surface area contributed by atoms with Crippen LogP contribution in [-0.2, 0) is 9.53 Å². The standard InChI is InChI=1S/C13H27N3O2/c1-4-6-16(9-13(17)14-3)11(2)8-12-10-18-7-5-15-12/h11-12,15H,4-10H2,1-3H3,(H,14,17). The molecule has 1 fully saturated rings. The summed E-state index contributed by atoms with van der Waals surface area (Å²) in [5.41, 5.74) is 0. The van der Waals surface area contributed by atoms with Crippen molar-refractivity contribution in [1.29, 1.82) is 0 Å². The van der Waals surface area contributed by atoms with Gasteiger partial charge in [-0.3, -0.25) is 9.69 Å². The summed E-state index contributed by atoms with van der Waals surface area (Å²) in [6.45, 7) is 8.30. The van der Waals surface area contributed by atoms with Crippen LogP contribution in [0.3, 0.4) is 0 Å². The zero-order valence-corrected chi connectivity index (χ0v) is 11.9. The lowest BCUT2D eigenvalue weighted by Gasteiger charge is -2.32. The maximum Gasteiger partial charge on any atom is 0.233 e. The normalized spacial score (nSPS) is 21.9. The summed E-state index contributed by atoms with van der Waals surface area (Å²) in [7, 11) is 1.69. The summed E-state index contributed by atoms with van der Waals surface area (Å²) < 4.78 is 5.46. The molecule has 2 unspecified atom stereocenters.